The molecule has 1 amide bonds. The van der Waals surface area contributed by atoms with Gasteiger partial charge in [0.2, 0.25) is 0 Å². The predicted octanol–water partition coefficient (Wildman–Crippen LogP) is 3.07. The molecule has 2 N–H and O–H groups in total. The first-order valence-electron chi connectivity index (χ1n) is 6.81. The smallest absolute Gasteiger partial charge is 0.261 e. The minimum Gasteiger partial charge on any atom is -0.391 e. The van der Waals surface area contributed by atoms with Crippen molar-refractivity contribution < 1.29 is 14.3 Å². The predicted molar refractivity (Wildman–Crippen MR) is 77.5 cm³/mol. The van der Waals surface area contributed by atoms with E-state index >= 15 is 0 Å². The largest absolute Gasteiger partial charge is 0.391 e. The van der Waals surface area contributed by atoms with Gasteiger partial charge in [-0.1, -0.05) is 12.8 Å². The van der Waals surface area contributed by atoms with Gasteiger partial charge in [0.25, 0.3) is 5.91 Å². The number of benzene rings is 1. The zero-order valence-corrected chi connectivity index (χ0v) is 11.8. The van der Waals surface area contributed by atoms with E-state index in [0.717, 1.165) is 35.8 Å². The normalized spacial score (nSPS) is 22.9. The van der Waals surface area contributed by atoms with Crippen molar-refractivity contribution in [3.8, 4) is 0 Å². The molecule has 0 aliphatic heterocycles. The van der Waals surface area contributed by atoms with Gasteiger partial charge in [-0.25, -0.2) is 4.39 Å². The molecule has 5 heteroatoms. The Labute approximate surface area is 120 Å². The average molecular weight is 293 g/mol. The highest BCUT2D eigenvalue weighted by Gasteiger charge is 2.25. The topological polar surface area (TPSA) is 49.3 Å². The summed E-state index contributed by atoms with van der Waals surface area (Å²) in [5, 5.41) is 13.5. The van der Waals surface area contributed by atoms with Gasteiger partial charge in [-0.05, 0) is 42.5 Å². The summed E-state index contributed by atoms with van der Waals surface area (Å²) in [5.74, 6) is -0.484. The van der Waals surface area contributed by atoms with Crippen LogP contribution in [0, 0.1) is 5.82 Å². The monoisotopic (exact) mass is 293 g/mol. The van der Waals surface area contributed by atoms with Crippen LogP contribution in [0.4, 0.5) is 4.39 Å². The molecular weight excluding hydrogens is 277 g/mol. The highest BCUT2D eigenvalue weighted by molar-refractivity contribution is 7.20. The molecule has 2 atom stereocenters. The average Bonchev–Trinajstić information content (AvgIpc) is 2.84. The molecule has 1 aromatic carbocycles. The molecule has 1 aromatic heterocycles. The fourth-order valence-electron chi connectivity index (χ4n) is 2.65. The van der Waals surface area contributed by atoms with Crippen molar-refractivity contribution >= 4 is 27.3 Å². The van der Waals surface area contributed by atoms with Crippen LogP contribution in [0.25, 0.3) is 10.1 Å². The summed E-state index contributed by atoms with van der Waals surface area (Å²) in [7, 11) is 0. The number of carbonyl (C=O) groups is 1. The molecule has 0 saturated heterocycles. The zero-order chi connectivity index (χ0) is 14.1. The van der Waals surface area contributed by atoms with Crippen molar-refractivity contribution in [1.82, 2.24) is 5.32 Å². The maximum Gasteiger partial charge on any atom is 0.261 e. The number of hydrogen-bond donors (Lipinski definition) is 2. The fraction of sp³-hybridized carbons (Fsp3) is 0.400. The van der Waals surface area contributed by atoms with Crippen molar-refractivity contribution in [2.45, 2.75) is 37.8 Å². The third kappa shape index (κ3) is 2.69. The molecule has 0 unspecified atom stereocenters. The molecule has 1 fully saturated rings. The van der Waals surface area contributed by atoms with Crippen LogP contribution in [0.2, 0.25) is 0 Å². The Morgan fingerprint density at radius 2 is 2.10 bits per heavy atom. The highest BCUT2D eigenvalue weighted by Crippen LogP contribution is 2.27. The van der Waals surface area contributed by atoms with E-state index < -0.39 is 6.10 Å². The second kappa shape index (κ2) is 5.50. The number of nitrogens with one attached hydrogen (secondary N) is 1. The molecular formula is C15H16FNO2S. The number of aliphatic hydroxyl groups is 1. The van der Waals surface area contributed by atoms with Crippen LogP contribution >= 0.6 is 11.3 Å². The zero-order valence-electron chi connectivity index (χ0n) is 10.9. The third-order valence-electron chi connectivity index (χ3n) is 3.75. The second-order valence-electron chi connectivity index (χ2n) is 5.22. The summed E-state index contributed by atoms with van der Waals surface area (Å²) >= 11 is 1.34. The van der Waals surface area contributed by atoms with Crippen molar-refractivity contribution in [2.24, 2.45) is 0 Å². The van der Waals surface area contributed by atoms with Crippen LogP contribution in [-0.2, 0) is 0 Å². The van der Waals surface area contributed by atoms with Gasteiger partial charge in [-0.2, -0.15) is 0 Å². The van der Waals surface area contributed by atoms with Crippen molar-refractivity contribution in [3.05, 3.63) is 35.0 Å². The van der Waals surface area contributed by atoms with Crippen LogP contribution in [0.15, 0.2) is 24.3 Å². The molecule has 2 aromatic rings. The van der Waals surface area contributed by atoms with Gasteiger partial charge in [-0.3, -0.25) is 4.79 Å². The van der Waals surface area contributed by atoms with Crippen LogP contribution in [0.3, 0.4) is 0 Å². The maximum absolute atomic E-state index is 13.1. The van der Waals surface area contributed by atoms with E-state index in [1.165, 1.54) is 23.5 Å². The van der Waals surface area contributed by atoms with Crippen LogP contribution in [0.1, 0.15) is 35.4 Å². The summed E-state index contributed by atoms with van der Waals surface area (Å²) in [4.78, 5) is 12.8. The first-order valence-corrected chi connectivity index (χ1v) is 7.63. The Morgan fingerprint density at radius 1 is 1.30 bits per heavy atom. The number of carbonyl (C=O) groups excluding carboxylic acids is 1. The Balaban J connectivity index is 1.78. The summed E-state index contributed by atoms with van der Waals surface area (Å²) in [6.07, 6.45) is 3.13. The number of rotatable bonds is 2. The van der Waals surface area contributed by atoms with E-state index in [0.29, 0.717) is 4.88 Å². The molecule has 0 spiro atoms. The van der Waals surface area contributed by atoms with Crippen LogP contribution in [0.5, 0.6) is 0 Å². The minimum atomic E-state index is -0.459. The number of amides is 1. The Bertz CT molecular complexity index is 640. The molecule has 1 heterocycles. The van der Waals surface area contributed by atoms with E-state index in [9.17, 15) is 14.3 Å². The second-order valence-corrected chi connectivity index (χ2v) is 6.31. The standard InChI is InChI=1S/C15H16FNO2S/c16-10-5-6-13-9(7-10)8-14(20-13)15(19)17-11-3-1-2-4-12(11)18/h5-8,11-12,18H,1-4H2,(H,17,19)/t11-,12-/m0/s1. The Morgan fingerprint density at radius 3 is 2.90 bits per heavy atom. The van der Waals surface area contributed by atoms with E-state index in [4.69, 9.17) is 0 Å². The third-order valence-corrected chi connectivity index (χ3v) is 4.86. The SMILES string of the molecule is O=C(N[C@H]1CCCC[C@@H]1O)c1cc2cc(F)ccc2s1. The van der Waals surface area contributed by atoms with E-state index in [1.807, 2.05) is 0 Å². The molecule has 3 nitrogen and oxygen atoms in total. The lowest BCUT2D eigenvalue weighted by molar-refractivity contribution is 0.0720. The van der Waals surface area contributed by atoms with Gasteiger partial charge in [0.15, 0.2) is 0 Å². The first kappa shape index (κ1) is 13.5. The quantitative estimate of drug-likeness (QED) is 0.894. The lowest BCUT2D eigenvalue weighted by atomic mass is 9.92. The molecule has 0 radical (unpaired) electrons. The summed E-state index contributed by atoms with van der Waals surface area (Å²) in [6.45, 7) is 0. The first-order chi connectivity index (χ1) is 9.63. The molecule has 1 aliphatic carbocycles. The lowest BCUT2D eigenvalue weighted by Gasteiger charge is -2.28. The van der Waals surface area contributed by atoms with Gasteiger partial charge in [0.1, 0.15) is 5.82 Å². The molecule has 1 saturated carbocycles. The number of halogens is 1. The van der Waals surface area contributed by atoms with Crippen molar-refractivity contribution in [1.29, 1.82) is 0 Å². The van der Waals surface area contributed by atoms with E-state index in [1.54, 1.807) is 12.1 Å². The van der Waals surface area contributed by atoms with Gasteiger partial charge >= 0.3 is 0 Å². The maximum atomic E-state index is 13.1. The summed E-state index contributed by atoms with van der Waals surface area (Å²) < 4.78 is 14.0. The van der Waals surface area contributed by atoms with Gasteiger partial charge in [-0.15, -0.1) is 11.3 Å². The molecule has 3 rings (SSSR count). The highest BCUT2D eigenvalue weighted by atomic mass is 32.1. The van der Waals surface area contributed by atoms with Gasteiger partial charge < -0.3 is 10.4 Å². The molecule has 20 heavy (non-hydrogen) atoms. The fourth-order valence-corrected chi connectivity index (χ4v) is 3.59. The Kier molecular flexibility index (Phi) is 3.72. The van der Waals surface area contributed by atoms with Gasteiger partial charge in [0, 0.05) is 4.70 Å². The number of fused-ring (bicyclic) bond motifs is 1. The number of aliphatic hydroxyl groups excluding tert-OH is 1. The van der Waals surface area contributed by atoms with Gasteiger partial charge in [0.05, 0.1) is 17.0 Å². The van der Waals surface area contributed by atoms with Crippen molar-refractivity contribution in [3.63, 3.8) is 0 Å². The number of thiophene rings is 1. The summed E-state index contributed by atoms with van der Waals surface area (Å²) in [6, 6.07) is 6.04. The lowest BCUT2D eigenvalue weighted by Crippen LogP contribution is -2.44. The Hall–Kier alpha value is -1.46. The van der Waals surface area contributed by atoms with E-state index in [-0.39, 0.29) is 17.8 Å². The van der Waals surface area contributed by atoms with Crippen molar-refractivity contribution in [2.75, 3.05) is 0 Å². The van der Waals surface area contributed by atoms with Crippen LogP contribution in [-0.4, -0.2) is 23.2 Å². The summed E-state index contributed by atoms with van der Waals surface area (Å²) in [5.41, 5.74) is 0. The van der Waals surface area contributed by atoms with Crippen LogP contribution < -0.4 is 5.32 Å². The minimum absolute atomic E-state index is 0.168. The molecule has 106 valence electrons. The number of hydrogen-bond acceptors (Lipinski definition) is 3. The molecule has 0 bridgehead atoms. The van der Waals surface area contributed by atoms with E-state index in [2.05, 4.69) is 5.32 Å². The molecule has 1 aliphatic rings.